The molecule has 1 atom stereocenters. The quantitative estimate of drug-likeness (QED) is 0.837. The van der Waals surface area contributed by atoms with E-state index in [0.29, 0.717) is 5.02 Å². The molecule has 126 valence electrons. The summed E-state index contributed by atoms with van der Waals surface area (Å²) in [6, 6.07) is 5.72. The number of aromatic amines is 1. The van der Waals surface area contributed by atoms with Gasteiger partial charge in [-0.25, -0.2) is 0 Å². The zero-order valence-electron chi connectivity index (χ0n) is 13.6. The average Bonchev–Trinajstić information content (AvgIpc) is 2.93. The number of aromatic nitrogens is 1. The minimum atomic E-state index is -0.269. The number of fused-ring (bicyclic) bond motifs is 3. The number of hydrogen-bond acceptors (Lipinski definition) is 2. The highest BCUT2D eigenvalue weighted by Gasteiger charge is 2.26. The number of H-pyrrole nitrogens is 1. The molecular formula is C18H20ClN3O2. The highest BCUT2D eigenvalue weighted by molar-refractivity contribution is 6.31. The highest BCUT2D eigenvalue weighted by atomic mass is 35.5. The van der Waals surface area contributed by atoms with Gasteiger partial charge in [0.1, 0.15) is 0 Å². The molecule has 5 nitrogen and oxygen atoms in total. The first kappa shape index (κ1) is 16.6. The number of carbonyl (C=O) groups is 2. The first-order valence-corrected chi connectivity index (χ1v) is 8.34. The maximum Gasteiger partial charge on any atom is 0.246 e. The van der Waals surface area contributed by atoms with Crippen LogP contribution in [-0.4, -0.2) is 35.3 Å². The molecular weight excluding hydrogens is 326 g/mol. The highest BCUT2D eigenvalue weighted by Crippen LogP contribution is 2.35. The Bertz CT molecular complexity index is 812. The van der Waals surface area contributed by atoms with Gasteiger partial charge in [-0.1, -0.05) is 18.2 Å². The first-order chi connectivity index (χ1) is 11.5. The van der Waals surface area contributed by atoms with Crippen molar-refractivity contribution in [1.82, 2.24) is 15.2 Å². The van der Waals surface area contributed by atoms with Gasteiger partial charge in [-0.05, 0) is 49.1 Å². The van der Waals surface area contributed by atoms with Gasteiger partial charge in [0.2, 0.25) is 11.8 Å². The van der Waals surface area contributed by atoms with Crippen LogP contribution in [0, 0.1) is 0 Å². The number of amides is 2. The van der Waals surface area contributed by atoms with E-state index in [9.17, 15) is 9.59 Å². The molecule has 3 rings (SSSR count). The fourth-order valence-corrected chi connectivity index (χ4v) is 3.44. The molecule has 0 saturated heterocycles. The Morgan fingerprint density at radius 1 is 1.50 bits per heavy atom. The van der Waals surface area contributed by atoms with Crippen molar-refractivity contribution in [3.63, 3.8) is 0 Å². The number of nitrogens with one attached hydrogen (secondary N) is 2. The Morgan fingerprint density at radius 2 is 2.29 bits per heavy atom. The van der Waals surface area contributed by atoms with E-state index in [4.69, 9.17) is 11.6 Å². The third kappa shape index (κ3) is 3.17. The van der Waals surface area contributed by atoms with Crippen molar-refractivity contribution >= 4 is 34.3 Å². The van der Waals surface area contributed by atoms with Crippen molar-refractivity contribution in [3.05, 3.63) is 47.1 Å². The molecule has 1 aromatic heterocycles. The fourth-order valence-electron chi connectivity index (χ4n) is 3.27. The van der Waals surface area contributed by atoms with Gasteiger partial charge >= 0.3 is 0 Å². The number of carbonyl (C=O) groups excluding carboxylic acids is 2. The fraction of sp³-hybridized carbons (Fsp3) is 0.333. The maximum absolute atomic E-state index is 12.2. The molecule has 2 aromatic rings. The molecule has 1 aliphatic carbocycles. The van der Waals surface area contributed by atoms with Gasteiger partial charge < -0.3 is 15.2 Å². The topological polar surface area (TPSA) is 65.2 Å². The van der Waals surface area contributed by atoms with Crippen LogP contribution in [0.3, 0.4) is 0 Å². The van der Waals surface area contributed by atoms with Crippen LogP contribution in [0.15, 0.2) is 30.9 Å². The average molecular weight is 346 g/mol. The van der Waals surface area contributed by atoms with Crippen molar-refractivity contribution in [2.24, 2.45) is 0 Å². The van der Waals surface area contributed by atoms with Crippen LogP contribution in [0.2, 0.25) is 5.02 Å². The molecule has 0 aliphatic heterocycles. The molecule has 2 amide bonds. The number of nitrogens with zero attached hydrogens (tertiary/aromatic N) is 1. The summed E-state index contributed by atoms with van der Waals surface area (Å²) < 4.78 is 0. The molecule has 0 bridgehead atoms. The van der Waals surface area contributed by atoms with Crippen LogP contribution >= 0.6 is 11.6 Å². The number of hydrogen-bond donors (Lipinski definition) is 2. The Hall–Kier alpha value is -2.27. The minimum absolute atomic E-state index is 0.0166. The van der Waals surface area contributed by atoms with Crippen LogP contribution in [-0.2, 0) is 16.0 Å². The molecule has 1 unspecified atom stereocenters. The van der Waals surface area contributed by atoms with Crippen molar-refractivity contribution in [2.45, 2.75) is 25.3 Å². The Kier molecular flexibility index (Phi) is 4.62. The number of rotatable bonds is 4. The molecule has 1 heterocycles. The molecule has 0 fully saturated rings. The lowest BCUT2D eigenvalue weighted by Crippen LogP contribution is -2.40. The molecule has 0 spiro atoms. The third-order valence-electron chi connectivity index (χ3n) is 4.44. The van der Waals surface area contributed by atoms with E-state index in [-0.39, 0.29) is 24.4 Å². The van der Waals surface area contributed by atoms with E-state index >= 15 is 0 Å². The summed E-state index contributed by atoms with van der Waals surface area (Å²) in [5.41, 5.74) is 3.30. The van der Waals surface area contributed by atoms with E-state index in [1.54, 1.807) is 7.05 Å². The van der Waals surface area contributed by atoms with Gasteiger partial charge in [-0.2, -0.15) is 0 Å². The van der Waals surface area contributed by atoms with E-state index < -0.39 is 0 Å². The SMILES string of the molecule is C=CC(=O)N(C)CC(=O)NC1CCCc2c1[nH]c1ccc(Cl)cc21. The maximum atomic E-state index is 12.2. The Labute approximate surface area is 145 Å². The largest absolute Gasteiger partial charge is 0.356 e. The molecule has 6 heteroatoms. The second-order valence-corrected chi connectivity index (χ2v) is 6.55. The molecule has 1 aromatic carbocycles. The van der Waals surface area contributed by atoms with Crippen LogP contribution in [0.1, 0.15) is 30.1 Å². The predicted octanol–water partition coefficient (Wildman–Crippen LogP) is 2.96. The van der Waals surface area contributed by atoms with Crippen molar-refractivity contribution < 1.29 is 9.59 Å². The Morgan fingerprint density at radius 3 is 3.04 bits per heavy atom. The molecule has 0 radical (unpaired) electrons. The zero-order chi connectivity index (χ0) is 17.3. The second kappa shape index (κ2) is 6.69. The van der Waals surface area contributed by atoms with E-state index in [1.807, 2.05) is 18.2 Å². The number of likely N-dealkylation sites (N-methyl/N-ethyl adjacent to an activating group) is 1. The van der Waals surface area contributed by atoms with Gasteiger partial charge in [0.05, 0.1) is 12.6 Å². The predicted molar refractivity (Wildman–Crippen MR) is 95.0 cm³/mol. The van der Waals surface area contributed by atoms with Crippen LogP contribution in [0.25, 0.3) is 10.9 Å². The third-order valence-corrected chi connectivity index (χ3v) is 4.67. The summed E-state index contributed by atoms with van der Waals surface area (Å²) in [5, 5.41) is 4.86. The van der Waals surface area contributed by atoms with Gasteiger partial charge in [0, 0.05) is 28.7 Å². The Balaban J connectivity index is 1.80. The van der Waals surface area contributed by atoms with Crippen molar-refractivity contribution in [3.8, 4) is 0 Å². The number of aryl methyl sites for hydroxylation is 1. The standard InChI is InChI=1S/C18H20ClN3O2/c1-3-17(24)22(2)10-16(23)20-15-6-4-5-12-13-9-11(19)7-8-14(13)21-18(12)15/h3,7-9,15,21H,1,4-6,10H2,2H3,(H,20,23). The molecule has 1 aliphatic rings. The zero-order valence-corrected chi connectivity index (χ0v) is 14.3. The monoisotopic (exact) mass is 345 g/mol. The summed E-state index contributed by atoms with van der Waals surface area (Å²) >= 11 is 6.11. The molecule has 24 heavy (non-hydrogen) atoms. The van der Waals surface area contributed by atoms with Crippen LogP contribution in [0.4, 0.5) is 0 Å². The van der Waals surface area contributed by atoms with E-state index in [0.717, 1.165) is 35.9 Å². The molecule has 2 N–H and O–H groups in total. The van der Waals surface area contributed by atoms with Crippen LogP contribution in [0.5, 0.6) is 0 Å². The van der Waals surface area contributed by atoms with Crippen LogP contribution < -0.4 is 5.32 Å². The van der Waals surface area contributed by atoms with Gasteiger partial charge in [-0.3, -0.25) is 9.59 Å². The summed E-state index contributed by atoms with van der Waals surface area (Å²) in [4.78, 5) is 28.5. The molecule has 0 saturated carbocycles. The van der Waals surface area contributed by atoms with Gasteiger partial charge in [-0.15, -0.1) is 0 Å². The lowest BCUT2D eigenvalue weighted by atomic mass is 9.91. The minimum Gasteiger partial charge on any atom is -0.356 e. The lowest BCUT2D eigenvalue weighted by molar-refractivity contribution is -0.131. The lowest BCUT2D eigenvalue weighted by Gasteiger charge is -2.25. The second-order valence-electron chi connectivity index (χ2n) is 6.12. The normalized spacial score (nSPS) is 16.5. The van der Waals surface area contributed by atoms with E-state index in [2.05, 4.69) is 16.9 Å². The van der Waals surface area contributed by atoms with E-state index in [1.165, 1.54) is 16.5 Å². The number of benzene rings is 1. The first-order valence-electron chi connectivity index (χ1n) is 7.96. The van der Waals surface area contributed by atoms with Gasteiger partial charge in [0.15, 0.2) is 0 Å². The summed E-state index contributed by atoms with van der Waals surface area (Å²) in [5.74, 6) is -0.447. The summed E-state index contributed by atoms with van der Waals surface area (Å²) in [7, 11) is 1.58. The van der Waals surface area contributed by atoms with Crippen molar-refractivity contribution in [1.29, 1.82) is 0 Å². The summed E-state index contributed by atoms with van der Waals surface area (Å²) in [6.07, 6.45) is 4.04. The van der Waals surface area contributed by atoms with Gasteiger partial charge in [0.25, 0.3) is 0 Å². The summed E-state index contributed by atoms with van der Waals surface area (Å²) in [6.45, 7) is 3.44. The van der Waals surface area contributed by atoms with Crippen molar-refractivity contribution in [2.75, 3.05) is 13.6 Å². The smallest absolute Gasteiger partial charge is 0.246 e. The number of halogens is 1.